The molecule has 0 amide bonds. The van der Waals surface area contributed by atoms with E-state index in [1.807, 2.05) is 38.1 Å². The van der Waals surface area contributed by atoms with Gasteiger partial charge in [0.1, 0.15) is 0 Å². The molecule has 1 atom stereocenters. The quantitative estimate of drug-likeness (QED) is 0.640. The van der Waals surface area contributed by atoms with Crippen LogP contribution in [-0.2, 0) is 9.52 Å². The number of benzene rings is 1. The Balaban J connectivity index is 3.14. The van der Waals surface area contributed by atoms with E-state index < -0.39 is 9.52 Å². The van der Waals surface area contributed by atoms with Crippen LogP contribution in [0.3, 0.4) is 0 Å². The third-order valence-electron chi connectivity index (χ3n) is 1.92. The molecule has 1 aromatic carbocycles. The molecule has 0 bridgehead atoms. The fourth-order valence-corrected chi connectivity index (χ4v) is 1.92. The zero-order valence-electron chi connectivity index (χ0n) is 7.54. The lowest BCUT2D eigenvalue weighted by Crippen LogP contribution is -2.02. The van der Waals surface area contributed by atoms with Crippen LogP contribution in [0.5, 0.6) is 0 Å². The van der Waals surface area contributed by atoms with E-state index in [4.69, 9.17) is 0 Å². The molecule has 0 aliphatic carbocycles. The summed E-state index contributed by atoms with van der Waals surface area (Å²) >= 11 is 0. The first-order chi connectivity index (χ1) is 5.56. The van der Waals surface area contributed by atoms with E-state index in [0.717, 1.165) is 4.90 Å². The lowest BCUT2D eigenvalue weighted by Gasteiger charge is -2.05. The van der Waals surface area contributed by atoms with Crippen molar-refractivity contribution in [1.82, 2.24) is 0 Å². The number of aryl methyl sites for hydroxylation is 1. The second-order valence-electron chi connectivity index (χ2n) is 2.91. The Morgan fingerprint density at radius 1 is 1.33 bits per heavy atom. The lowest BCUT2D eigenvalue weighted by molar-refractivity contribution is 0.682. The highest BCUT2D eigenvalue weighted by Crippen LogP contribution is 2.11. The Kier molecular flexibility index (Phi) is 2.58. The number of hydrogen-bond acceptors (Lipinski definition) is 1. The Morgan fingerprint density at radius 2 is 1.83 bits per heavy atom. The van der Waals surface area contributed by atoms with Crippen molar-refractivity contribution >= 4 is 15.4 Å². The van der Waals surface area contributed by atoms with Crippen LogP contribution in [0.25, 0.3) is 0 Å². The summed E-state index contributed by atoms with van der Waals surface area (Å²) in [4.78, 5) is 0.857. The maximum absolute atomic E-state index is 11.8. The highest BCUT2D eigenvalue weighted by molar-refractivity contribution is 8.00. The average molecular weight is 182 g/mol. The maximum Gasteiger partial charge on any atom is 0.0305 e. The third-order valence-corrected chi connectivity index (χ3v) is 3.98. The summed E-state index contributed by atoms with van der Waals surface area (Å²) in [5.41, 5.74) is 1.19. The normalized spacial score (nSPS) is 15.5. The van der Waals surface area contributed by atoms with Gasteiger partial charge in [-0.05, 0) is 34.4 Å². The van der Waals surface area contributed by atoms with E-state index in [9.17, 15) is 4.21 Å². The lowest BCUT2D eigenvalue weighted by atomic mass is 10.2. The molecular weight excluding hydrogens is 168 g/mol. The number of rotatable bonds is 2. The Morgan fingerprint density at radius 3 is 2.25 bits per heavy atom. The molecule has 1 unspecified atom stereocenters. The van der Waals surface area contributed by atoms with Crippen molar-refractivity contribution in [2.75, 3.05) is 5.75 Å². The summed E-state index contributed by atoms with van der Waals surface area (Å²) in [5.74, 6) is 4.32. The highest BCUT2D eigenvalue weighted by atomic mass is 32.2. The van der Waals surface area contributed by atoms with Crippen molar-refractivity contribution in [2.24, 2.45) is 0 Å². The van der Waals surface area contributed by atoms with Gasteiger partial charge in [-0.25, -0.2) is 0 Å². The Bertz CT molecular complexity index is 346. The molecule has 0 saturated heterocycles. The van der Waals surface area contributed by atoms with Crippen LogP contribution in [-0.4, -0.2) is 15.8 Å². The van der Waals surface area contributed by atoms with Crippen LogP contribution in [0.4, 0.5) is 0 Å². The molecule has 1 aromatic rings. The maximum atomic E-state index is 11.8. The Labute approximate surface area is 74.4 Å². The molecule has 0 heterocycles. The van der Waals surface area contributed by atoms with Crippen molar-refractivity contribution in [3.63, 3.8) is 0 Å². The van der Waals surface area contributed by atoms with E-state index in [1.54, 1.807) is 0 Å². The molecule has 0 aromatic heterocycles. The molecule has 0 aliphatic heterocycles. The van der Waals surface area contributed by atoms with Gasteiger partial charge in [0, 0.05) is 10.6 Å². The molecule has 0 N–H and O–H groups in total. The molecule has 0 spiro atoms. The smallest absolute Gasteiger partial charge is 0.0305 e. The van der Waals surface area contributed by atoms with Gasteiger partial charge in [-0.3, -0.25) is 4.21 Å². The largest absolute Gasteiger partial charge is 0.263 e. The van der Waals surface area contributed by atoms with E-state index in [0.29, 0.717) is 5.75 Å². The van der Waals surface area contributed by atoms with Crippen molar-refractivity contribution in [3.05, 3.63) is 29.8 Å². The second kappa shape index (κ2) is 3.31. The van der Waals surface area contributed by atoms with Crippen molar-refractivity contribution < 1.29 is 4.21 Å². The summed E-state index contributed by atoms with van der Waals surface area (Å²) in [6.45, 7) is 3.91. The van der Waals surface area contributed by atoms with Gasteiger partial charge in [-0.2, -0.15) is 0 Å². The van der Waals surface area contributed by atoms with Crippen LogP contribution in [0.2, 0.25) is 0 Å². The van der Waals surface area contributed by atoms with Gasteiger partial charge >= 0.3 is 0 Å². The van der Waals surface area contributed by atoms with Crippen molar-refractivity contribution in [1.29, 1.82) is 0 Å². The van der Waals surface area contributed by atoms with E-state index >= 15 is 0 Å². The molecule has 0 fully saturated rings. The fraction of sp³-hybridized carbons (Fsp3) is 0.300. The van der Waals surface area contributed by atoms with Crippen LogP contribution in [0.1, 0.15) is 12.5 Å². The molecule has 1 nitrogen and oxygen atoms in total. The van der Waals surface area contributed by atoms with Gasteiger partial charge in [0.2, 0.25) is 0 Å². The summed E-state index contributed by atoms with van der Waals surface area (Å²) in [6, 6.07) is 7.73. The Hall–Kier alpha value is -0.760. The zero-order valence-corrected chi connectivity index (χ0v) is 8.36. The second-order valence-corrected chi connectivity index (χ2v) is 5.59. The first-order valence-corrected chi connectivity index (χ1v) is 5.87. The van der Waals surface area contributed by atoms with E-state index in [2.05, 4.69) is 5.87 Å². The van der Waals surface area contributed by atoms with Crippen LogP contribution >= 0.6 is 0 Å². The molecular formula is C10H14OS. The molecule has 1 rings (SSSR count). The highest BCUT2D eigenvalue weighted by Gasteiger charge is 2.02. The van der Waals surface area contributed by atoms with Gasteiger partial charge in [-0.1, -0.05) is 24.6 Å². The first-order valence-electron chi connectivity index (χ1n) is 3.98. The first kappa shape index (κ1) is 9.33. The monoisotopic (exact) mass is 182 g/mol. The summed E-state index contributed by atoms with van der Waals surface area (Å²) in [5, 5.41) is 0. The fourth-order valence-electron chi connectivity index (χ4n) is 0.953. The predicted molar refractivity (Wildman–Crippen MR) is 55.2 cm³/mol. The molecule has 0 aliphatic rings. The summed E-state index contributed by atoms with van der Waals surface area (Å²) in [7, 11) is -2.01. The van der Waals surface area contributed by atoms with Gasteiger partial charge in [0.25, 0.3) is 0 Å². The minimum absolute atomic E-state index is 0.607. The molecule has 12 heavy (non-hydrogen) atoms. The van der Waals surface area contributed by atoms with Crippen LogP contribution in [0.15, 0.2) is 29.2 Å². The molecule has 0 radical (unpaired) electrons. The van der Waals surface area contributed by atoms with Crippen LogP contribution in [0, 0.1) is 6.92 Å². The third kappa shape index (κ3) is 1.89. The van der Waals surface area contributed by atoms with Gasteiger partial charge < -0.3 is 0 Å². The predicted octanol–water partition coefficient (Wildman–Crippen LogP) is 2.09. The minimum atomic E-state index is -2.01. The SMILES string of the molecule is C=S(=O)(CC)c1ccc(C)cc1. The van der Waals surface area contributed by atoms with Gasteiger partial charge in [-0.15, -0.1) is 0 Å². The van der Waals surface area contributed by atoms with Gasteiger partial charge in [0.05, 0.1) is 0 Å². The molecule has 2 heteroatoms. The van der Waals surface area contributed by atoms with E-state index in [1.165, 1.54) is 5.56 Å². The average Bonchev–Trinajstić information content (AvgIpc) is 2.05. The minimum Gasteiger partial charge on any atom is -0.263 e. The number of hydrogen-bond donors (Lipinski definition) is 0. The van der Waals surface area contributed by atoms with Gasteiger partial charge in [0.15, 0.2) is 0 Å². The van der Waals surface area contributed by atoms with Crippen LogP contribution < -0.4 is 0 Å². The van der Waals surface area contributed by atoms with Crippen molar-refractivity contribution in [3.8, 4) is 0 Å². The summed E-state index contributed by atoms with van der Waals surface area (Å²) in [6.07, 6.45) is 0. The van der Waals surface area contributed by atoms with Crippen molar-refractivity contribution in [2.45, 2.75) is 18.7 Å². The topological polar surface area (TPSA) is 17.1 Å². The van der Waals surface area contributed by atoms with E-state index in [-0.39, 0.29) is 0 Å². The molecule has 66 valence electrons. The molecule has 0 saturated carbocycles. The zero-order chi connectivity index (χ0) is 9.19. The standard InChI is InChI=1S/C10H14OS/c1-4-12(3,11)10-7-5-9(2)6-8-10/h5-8H,3-4H2,1-2H3. The summed E-state index contributed by atoms with van der Waals surface area (Å²) < 4.78 is 11.8.